The normalized spacial score (nSPS) is 36.5. The summed E-state index contributed by atoms with van der Waals surface area (Å²) in [7, 11) is 1.57. The molecule has 0 spiro atoms. The molecule has 4 heterocycles. The van der Waals surface area contributed by atoms with Crippen LogP contribution in [0.25, 0.3) is 0 Å². The number of anilines is 1. The van der Waals surface area contributed by atoms with Crippen molar-refractivity contribution in [2.45, 2.75) is 18.0 Å². The maximum atomic E-state index is 13.2. The van der Waals surface area contributed by atoms with Crippen molar-refractivity contribution in [1.82, 2.24) is 0 Å². The molecule has 25 heavy (non-hydrogen) atoms. The Balaban J connectivity index is 1.53. The van der Waals surface area contributed by atoms with Crippen molar-refractivity contribution in [2.75, 3.05) is 25.2 Å². The van der Waals surface area contributed by atoms with Crippen molar-refractivity contribution in [1.29, 1.82) is 0 Å². The number of carbonyl (C=O) groups is 2. The van der Waals surface area contributed by atoms with Crippen LogP contribution in [-0.2, 0) is 23.8 Å². The van der Waals surface area contributed by atoms with E-state index >= 15 is 0 Å². The third kappa shape index (κ3) is 1.85. The van der Waals surface area contributed by atoms with Crippen molar-refractivity contribution in [2.24, 2.45) is 11.8 Å². The molecule has 3 saturated heterocycles. The van der Waals surface area contributed by atoms with Gasteiger partial charge in [0.05, 0.1) is 44.0 Å². The van der Waals surface area contributed by atoms with Crippen LogP contribution in [0.15, 0.2) is 36.4 Å². The van der Waals surface area contributed by atoms with Gasteiger partial charge < -0.3 is 18.9 Å². The molecule has 2 amide bonds. The zero-order valence-electron chi connectivity index (χ0n) is 13.6. The van der Waals surface area contributed by atoms with Gasteiger partial charge in [0.15, 0.2) is 11.9 Å². The highest BCUT2D eigenvalue weighted by Crippen LogP contribution is 2.55. The molecule has 4 aliphatic heterocycles. The molecular weight excluding hydrogens is 326 g/mol. The van der Waals surface area contributed by atoms with E-state index in [-0.39, 0.29) is 11.8 Å². The molecule has 130 valence electrons. The topological polar surface area (TPSA) is 74.3 Å². The Hall–Kier alpha value is -2.22. The molecule has 0 unspecified atom stereocenters. The molecule has 0 N–H and O–H groups in total. The molecular formula is C18H17NO6. The number of hydrogen-bond acceptors (Lipinski definition) is 6. The van der Waals surface area contributed by atoms with Crippen molar-refractivity contribution in [3.63, 3.8) is 0 Å². The number of imide groups is 1. The molecule has 2 bridgehead atoms. The highest BCUT2D eigenvalue weighted by Gasteiger charge is 2.71. The summed E-state index contributed by atoms with van der Waals surface area (Å²) in [5, 5.41) is 0. The first-order valence-electron chi connectivity index (χ1n) is 8.28. The summed E-state index contributed by atoms with van der Waals surface area (Å²) in [6.45, 7) is 0.909. The highest BCUT2D eigenvalue weighted by molar-refractivity contribution is 6.23. The van der Waals surface area contributed by atoms with E-state index in [9.17, 15) is 9.59 Å². The molecule has 0 aromatic heterocycles. The Bertz CT molecular complexity index is 768. The van der Waals surface area contributed by atoms with E-state index in [1.165, 1.54) is 4.90 Å². The molecule has 3 fully saturated rings. The zero-order chi connectivity index (χ0) is 17.2. The largest absolute Gasteiger partial charge is 0.497 e. The number of carbonyl (C=O) groups excluding carboxylic acids is 2. The standard InChI is InChI=1S/C18H17NO6/c1-22-11-4-2-10(3-5-11)19-15(20)13-12-6-7-18(25-12,14(13)16(19)21)17-23-8-9-24-17/h2-7,12-14,17H,8-9H2,1H3/t12-,13-,14+,18-/m1/s1. The van der Waals surface area contributed by atoms with Crippen LogP contribution in [0.3, 0.4) is 0 Å². The number of methoxy groups -OCH3 is 1. The number of benzene rings is 1. The average molecular weight is 343 g/mol. The Morgan fingerprint density at radius 2 is 1.84 bits per heavy atom. The van der Waals surface area contributed by atoms with E-state index in [2.05, 4.69) is 0 Å². The van der Waals surface area contributed by atoms with Crippen LogP contribution in [0.5, 0.6) is 5.75 Å². The fourth-order valence-electron chi connectivity index (χ4n) is 4.31. The Morgan fingerprint density at radius 3 is 2.52 bits per heavy atom. The maximum absolute atomic E-state index is 13.2. The second-order valence-electron chi connectivity index (χ2n) is 6.58. The highest BCUT2D eigenvalue weighted by atomic mass is 16.7. The average Bonchev–Trinajstić information content (AvgIpc) is 3.39. The summed E-state index contributed by atoms with van der Waals surface area (Å²) in [6, 6.07) is 6.88. The first-order valence-corrected chi connectivity index (χ1v) is 8.28. The van der Waals surface area contributed by atoms with Gasteiger partial charge in [0.25, 0.3) is 0 Å². The predicted molar refractivity (Wildman–Crippen MR) is 84.9 cm³/mol. The van der Waals surface area contributed by atoms with E-state index in [1.54, 1.807) is 31.4 Å². The molecule has 7 heteroatoms. The number of hydrogen-bond donors (Lipinski definition) is 0. The van der Waals surface area contributed by atoms with E-state index in [4.69, 9.17) is 18.9 Å². The summed E-state index contributed by atoms with van der Waals surface area (Å²) < 4.78 is 22.4. The lowest BCUT2D eigenvalue weighted by atomic mass is 9.76. The summed E-state index contributed by atoms with van der Waals surface area (Å²) in [6.07, 6.45) is 2.60. The van der Waals surface area contributed by atoms with E-state index in [0.29, 0.717) is 24.7 Å². The van der Waals surface area contributed by atoms with Crippen LogP contribution in [0, 0.1) is 11.8 Å². The SMILES string of the molecule is COc1ccc(N2C(=O)[C@H]3[C@@H](C2=O)[C@@]2(C4OCCO4)C=C[C@H]3O2)cc1. The first-order chi connectivity index (χ1) is 12.2. The van der Waals surface area contributed by atoms with Crippen molar-refractivity contribution >= 4 is 17.5 Å². The molecule has 1 aromatic carbocycles. The van der Waals surface area contributed by atoms with Gasteiger partial charge in [-0.15, -0.1) is 0 Å². The van der Waals surface area contributed by atoms with E-state index in [0.717, 1.165) is 0 Å². The molecule has 4 aliphatic rings. The second-order valence-corrected chi connectivity index (χ2v) is 6.58. The predicted octanol–water partition coefficient (Wildman–Crippen LogP) is 0.881. The van der Waals surface area contributed by atoms with Crippen LogP contribution in [0.4, 0.5) is 5.69 Å². The van der Waals surface area contributed by atoms with Gasteiger partial charge in [0.2, 0.25) is 11.8 Å². The molecule has 7 nitrogen and oxygen atoms in total. The number of nitrogens with zero attached hydrogens (tertiary/aromatic N) is 1. The van der Waals surface area contributed by atoms with Gasteiger partial charge in [-0.25, -0.2) is 4.90 Å². The van der Waals surface area contributed by atoms with Crippen LogP contribution < -0.4 is 9.64 Å². The smallest absolute Gasteiger partial charge is 0.241 e. The Kier molecular flexibility index (Phi) is 3.10. The van der Waals surface area contributed by atoms with Gasteiger partial charge in [-0.05, 0) is 30.3 Å². The first kappa shape index (κ1) is 15.1. The lowest BCUT2D eigenvalue weighted by Crippen LogP contribution is -2.49. The minimum absolute atomic E-state index is 0.241. The second kappa shape index (κ2) is 5.14. The molecule has 1 aromatic rings. The molecule has 4 atom stereocenters. The van der Waals surface area contributed by atoms with Crippen LogP contribution >= 0.6 is 0 Å². The van der Waals surface area contributed by atoms with Crippen LogP contribution in [0.2, 0.25) is 0 Å². The quantitative estimate of drug-likeness (QED) is 0.599. The fraction of sp³-hybridized carbons (Fsp3) is 0.444. The fourth-order valence-corrected chi connectivity index (χ4v) is 4.31. The lowest BCUT2D eigenvalue weighted by Gasteiger charge is -2.32. The third-order valence-electron chi connectivity index (χ3n) is 5.40. The van der Waals surface area contributed by atoms with Crippen molar-refractivity contribution in [3.05, 3.63) is 36.4 Å². The van der Waals surface area contributed by atoms with Crippen molar-refractivity contribution < 1.29 is 28.5 Å². The molecule has 0 saturated carbocycles. The van der Waals surface area contributed by atoms with Gasteiger partial charge in [0.1, 0.15) is 5.75 Å². The zero-order valence-corrected chi connectivity index (χ0v) is 13.6. The monoisotopic (exact) mass is 343 g/mol. The summed E-state index contributed by atoms with van der Waals surface area (Å²) in [5.41, 5.74) is -0.479. The lowest BCUT2D eigenvalue weighted by molar-refractivity contribution is -0.180. The van der Waals surface area contributed by atoms with E-state index in [1.807, 2.05) is 12.2 Å². The summed E-state index contributed by atoms with van der Waals surface area (Å²) in [4.78, 5) is 27.4. The Morgan fingerprint density at radius 1 is 1.12 bits per heavy atom. The minimum Gasteiger partial charge on any atom is -0.497 e. The van der Waals surface area contributed by atoms with E-state index < -0.39 is 29.8 Å². The summed E-state index contributed by atoms with van der Waals surface area (Å²) in [5.74, 6) is -1.01. The van der Waals surface area contributed by atoms with Crippen molar-refractivity contribution in [3.8, 4) is 5.75 Å². The van der Waals surface area contributed by atoms with Gasteiger partial charge >= 0.3 is 0 Å². The van der Waals surface area contributed by atoms with Crippen LogP contribution in [0.1, 0.15) is 0 Å². The number of fused-ring (bicyclic) bond motifs is 5. The van der Waals surface area contributed by atoms with Gasteiger partial charge in [-0.1, -0.05) is 6.08 Å². The van der Waals surface area contributed by atoms with Gasteiger partial charge in [-0.2, -0.15) is 0 Å². The van der Waals surface area contributed by atoms with Gasteiger partial charge in [0, 0.05) is 0 Å². The minimum atomic E-state index is -1.01. The molecule has 5 rings (SSSR count). The third-order valence-corrected chi connectivity index (χ3v) is 5.40. The van der Waals surface area contributed by atoms with Crippen LogP contribution in [-0.4, -0.2) is 50.1 Å². The number of ether oxygens (including phenoxy) is 4. The molecule has 0 radical (unpaired) electrons. The maximum Gasteiger partial charge on any atom is 0.241 e. The van der Waals surface area contributed by atoms with Gasteiger partial charge in [-0.3, -0.25) is 9.59 Å². The molecule has 0 aliphatic carbocycles. The summed E-state index contributed by atoms with van der Waals surface area (Å²) >= 11 is 0. The number of amides is 2. The Labute approximate surface area is 144 Å². The number of rotatable bonds is 3.